The molecule has 0 aliphatic heterocycles. The van der Waals surface area contributed by atoms with Crippen molar-refractivity contribution in [3.05, 3.63) is 59.7 Å². The Labute approximate surface area is 93.0 Å². The molecule has 0 fully saturated rings. The number of nitriles is 1. The van der Waals surface area contributed by atoms with Crippen molar-refractivity contribution in [3.8, 4) is 6.07 Å². The van der Waals surface area contributed by atoms with Crippen molar-refractivity contribution < 1.29 is 9.50 Å². The van der Waals surface area contributed by atoms with Gasteiger partial charge in [-0.2, -0.15) is 5.26 Å². The first kappa shape index (κ1) is 10.6. The van der Waals surface area contributed by atoms with Gasteiger partial charge in [0.05, 0.1) is 6.07 Å². The molecule has 2 nitrogen and oxygen atoms in total. The number of rotatable bonds is 1. The average Bonchev–Trinajstić information content (AvgIpc) is 2.29. The maximum absolute atomic E-state index is 13.2. The molecule has 1 aliphatic rings. The fourth-order valence-corrected chi connectivity index (χ4v) is 1.74. The summed E-state index contributed by atoms with van der Waals surface area (Å²) < 4.78 is 13.2. The molecule has 1 aromatic carbocycles. The Kier molecular flexibility index (Phi) is 2.59. The fraction of sp³-hybridized carbons (Fsp3) is 0.154. The van der Waals surface area contributed by atoms with E-state index in [0.717, 1.165) is 17.7 Å². The lowest BCUT2D eigenvalue weighted by molar-refractivity contribution is 0.00441. The summed E-state index contributed by atoms with van der Waals surface area (Å²) >= 11 is 0. The molecule has 0 aromatic heterocycles. The van der Waals surface area contributed by atoms with E-state index in [0.29, 0.717) is 0 Å². The Morgan fingerprint density at radius 2 is 2.00 bits per heavy atom. The fourth-order valence-electron chi connectivity index (χ4n) is 1.74. The standard InChI is InChI=1S/C13H10FNO/c14-13(16)7-6-12(11(8-13)9-15)10-4-2-1-3-5-10/h1-8,12,16H. The van der Waals surface area contributed by atoms with E-state index in [1.54, 1.807) is 0 Å². The van der Waals surface area contributed by atoms with Crippen molar-refractivity contribution in [2.75, 3.05) is 0 Å². The Balaban J connectivity index is 2.39. The lowest BCUT2D eigenvalue weighted by atomic mass is 9.86. The molecule has 0 bridgehead atoms. The largest absolute Gasteiger partial charge is 0.355 e. The number of hydrogen-bond acceptors (Lipinski definition) is 2. The van der Waals surface area contributed by atoms with Gasteiger partial charge in [0, 0.05) is 11.5 Å². The number of hydrogen-bond donors (Lipinski definition) is 1. The van der Waals surface area contributed by atoms with E-state index in [4.69, 9.17) is 10.4 Å². The Hall–Kier alpha value is -1.92. The van der Waals surface area contributed by atoms with Crippen LogP contribution in [0.2, 0.25) is 0 Å². The SMILES string of the molecule is N#CC1=CC(O)(F)C=CC1c1ccccc1. The van der Waals surface area contributed by atoms with Crippen LogP contribution < -0.4 is 0 Å². The van der Waals surface area contributed by atoms with E-state index in [-0.39, 0.29) is 11.5 Å². The number of nitrogens with zero attached hydrogens (tertiary/aromatic N) is 1. The zero-order valence-corrected chi connectivity index (χ0v) is 8.47. The lowest BCUT2D eigenvalue weighted by Gasteiger charge is -2.21. The molecule has 2 rings (SSSR count). The predicted octanol–water partition coefficient (Wildman–Crippen LogP) is 2.45. The van der Waals surface area contributed by atoms with E-state index in [9.17, 15) is 4.39 Å². The second-order valence-corrected chi connectivity index (χ2v) is 3.69. The van der Waals surface area contributed by atoms with Crippen LogP contribution in [0.1, 0.15) is 11.5 Å². The van der Waals surface area contributed by atoms with Crippen LogP contribution in [0.4, 0.5) is 4.39 Å². The number of aliphatic hydroxyl groups is 1. The highest BCUT2D eigenvalue weighted by atomic mass is 19.2. The topological polar surface area (TPSA) is 44.0 Å². The van der Waals surface area contributed by atoms with E-state index < -0.39 is 5.85 Å². The number of alkyl halides is 1. The molecule has 0 radical (unpaired) electrons. The van der Waals surface area contributed by atoms with Crippen LogP contribution in [0.5, 0.6) is 0 Å². The van der Waals surface area contributed by atoms with Gasteiger partial charge in [-0.1, -0.05) is 36.4 Å². The molecule has 1 aromatic rings. The monoisotopic (exact) mass is 215 g/mol. The molecule has 0 heterocycles. The normalized spacial score (nSPS) is 28.3. The summed E-state index contributed by atoms with van der Waals surface area (Å²) in [5.41, 5.74) is 1.13. The molecule has 1 aliphatic carbocycles. The first-order valence-electron chi connectivity index (χ1n) is 4.91. The second-order valence-electron chi connectivity index (χ2n) is 3.69. The van der Waals surface area contributed by atoms with Crippen molar-refractivity contribution in [2.24, 2.45) is 0 Å². The number of allylic oxidation sites excluding steroid dienone is 2. The smallest absolute Gasteiger partial charge is 0.246 e. The second kappa shape index (κ2) is 3.92. The number of benzene rings is 1. The van der Waals surface area contributed by atoms with E-state index in [1.165, 1.54) is 6.08 Å². The van der Waals surface area contributed by atoms with Crippen LogP contribution in [0, 0.1) is 11.3 Å². The van der Waals surface area contributed by atoms with Gasteiger partial charge in [0.1, 0.15) is 0 Å². The molecule has 16 heavy (non-hydrogen) atoms. The van der Waals surface area contributed by atoms with Gasteiger partial charge in [0.2, 0.25) is 5.85 Å². The third-order valence-corrected chi connectivity index (χ3v) is 2.50. The maximum Gasteiger partial charge on any atom is 0.246 e. The molecule has 2 atom stereocenters. The summed E-state index contributed by atoms with van der Waals surface area (Å²) in [6, 6.07) is 11.2. The Morgan fingerprint density at radius 3 is 2.62 bits per heavy atom. The van der Waals surface area contributed by atoms with Crippen LogP contribution in [0.3, 0.4) is 0 Å². The van der Waals surface area contributed by atoms with Gasteiger partial charge >= 0.3 is 0 Å². The van der Waals surface area contributed by atoms with Gasteiger partial charge in [0.15, 0.2) is 0 Å². The quantitative estimate of drug-likeness (QED) is 0.731. The third-order valence-electron chi connectivity index (χ3n) is 2.50. The minimum atomic E-state index is -2.50. The summed E-state index contributed by atoms with van der Waals surface area (Å²) in [4.78, 5) is 0. The van der Waals surface area contributed by atoms with Crippen molar-refractivity contribution in [3.63, 3.8) is 0 Å². The first-order chi connectivity index (χ1) is 7.62. The molecule has 0 saturated heterocycles. The molecule has 0 spiro atoms. The molecule has 0 amide bonds. The predicted molar refractivity (Wildman–Crippen MR) is 58.1 cm³/mol. The van der Waals surface area contributed by atoms with Gasteiger partial charge in [-0.15, -0.1) is 0 Å². The zero-order chi connectivity index (χ0) is 11.6. The average molecular weight is 215 g/mol. The van der Waals surface area contributed by atoms with E-state index in [2.05, 4.69) is 0 Å². The first-order valence-corrected chi connectivity index (χ1v) is 4.91. The van der Waals surface area contributed by atoms with Crippen LogP contribution >= 0.6 is 0 Å². The highest BCUT2D eigenvalue weighted by Gasteiger charge is 2.28. The summed E-state index contributed by atoms with van der Waals surface area (Å²) in [6.07, 6.45) is 3.52. The van der Waals surface area contributed by atoms with Crippen molar-refractivity contribution >= 4 is 0 Å². The minimum absolute atomic E-state index is 0.221. The Bertz CT molecular complexity index is 482. The van der Waals surface area contributed by atoms with Crippen LogP contribution in [0.25, 0.3) is 0 Å². The van der Waals surface area contributed by atoms with Gasteiger partial charge in [-0.05, 0) is 17.7 Å². The Morgan fingerprint density at radius 1 is 1.31 bits per heavy atom. The molecule has 0 saturated carbocycles. The molecular formula is C13H10FNO. The summed E-state index contributed by atoms with van der Waals surface area (Å²) in [5, 5.41) is 18.1. The summed E-state index contributed by atoms with van der Waals surface area (Å²) in [7, 11) is 0. The minimum Gasteiger partial charge on any atom is -0.355 e. The lowest BCUT2D eigenvalue weighted by Crippen LogP contribution is -2.20. The highest BCUT2D eigenvalue weighted by molar-refractivity contribution is 5.45. The van der Waals surface area contributed by atoms with Crippen molar-refractivity contribution in [1.82, 2.24) is 0 Å². The maximum atomic E-state index is 13.2. The molecule has 1 N–H and O–H groups in total. The summed E-state index contributed by atoms with van der Waals surface area (Å²) in [6.45, 7) is 0. The van der Waals surface area contributed by atoms with E-state index in [1.807, 2.05) is 36.4 Å². The van der Waals surface area contributed by atoms with Crippen LogP contribution in [-0.4, -0.2) is 11.0 Å². The van der Waals surface area contributed by atoms with Gasteiger partial charge in [-0.25, -0.2) is 4.39 Å². The molecular weight excluding hydrogens is 205 g/mol. The number of halogens is 1. The van der Waals surface area contributed by atoms with Gasteiger partial charge in [0.25, 0.3) is 0 Å². The molecule has 2 unspecified atom stereocenters. The summed E-state index contributed by atoms with van der Waals surface area (Å²) in [5.74, 6) is -2.78. The van der Waals surface area contributed by atoms with Gasteiger partial charge in [-0.3, -0.25) is 0 Å². The zero-order valence-electron chi connectivity index (χ0n) is 8.47. The van der Waals surface area contributed by atoms with Gasteiger partial charge < -0.3 is 5.11 Å². The van der Waals surface area contributed by atoms with E-state index >= 15 is 0 Å². The van der Waals surface area contributed by atoms with Crippen LogP contribution in [-0.2, 0) is 0 Å². The van der Waals surface area contributed by atoms with Crippen LogP contribution in [0.15, 0.2) is 54.1 Å². The third kappa shape index (κ3) is 2.02. The molecule has 3 heteroatoms. The van der Waals surface area contributed by atoms with Crippen molar-refractivity contribution in [2.45, 2.75) is 11.8 Å². The van der Waals surface area contributed by atoms with Crippen molar-refractivity contribution in [1.29, 1.82) is 5.26 Å². The molecule has 80 valence electrons. The highest BCUT2D eigenvalue weighted by Crippen LogP contribution is 2.32.